The molecule has 0 spiro atoms. The van der Waals surface area contributed by atoms with Crippen molar-refractivity contribution in [2.75, 3.05) is 27.2 Å². The number of hydrogen-bond donors (Lipinski definition) is 2. The van der Waals surface area contributed by atoms with Crippen LogP contribution in [0.25, 0.3) is 0 Å². The monoisotopic (exact) mass is 265 g/mol. The van der Waals surface area contributed by atoms with Crippen molar-refractivity contribution in [1.29, 1.82) is 0 Å². The van der Waals surface area contributed by atoms with Gasteiger partial charge in [-0.2, -0.15) is 0 Å². The molecule has 19 heavy (non-hydrogen) atoms. The molecule has 1 aromatic rings. The van der Waals surface area contributed by atoms with E-state index in [1.165, 1.54) is 18.3 Å². The van der Waals surface area contributed by atoms with Gasteiger partial charge in [-0.15, -0.1) is 0 Å². The Kier molecular flexibility index (Phi) is 5.95. The molecule has 0 bridgehead atoms. The zero-order valence-corrected chi connectivity index (χ0v) is 11.2. The Hall–Kier alpha value is -1.95. The number of carboxylic acid groups (broad SMARTS) is 1. The largest absolute Gasteiger partial charge is 0.477 e. The van der Waals surface area contributed by atoms with Crippen LogP contribution in [0.4, 0.5) is 0 Å². The fraction of sp³-hybridized carbons (Fsp3) is 0.462. The van der Waals surface area contributed by atoms with Gasteiger partial charge in [0.05, 0.1) is 5.56 Å². The Morgan fingerprint density at radius 3 is 2.58 bits per heavy atom. The molecule has 0 aromatic carbocycles. The average molecular weight is 265 g/mol. The number of hydrogen-bond acceptors (Lipinski definition) is 4. The van der Waals surface area contributed by atoms with Crippen LogP contribution in [0.5, 0.6) is 0 Å². The maximum atomic E-state index is 11.7. The van der Waals surface area contributed by atoms with E-state index in [9.17, 15) is 9.59 Å². The average Bonchev–Trinajstić information content (AvgIpc) is 2.37. The smallest absolute Gasteiger partial charge is 0.354 e. The molecule has 0 atom stereocenters. The SMILES string of the molecule is CN(C)CCCCNC(=O)c1ccc(C(=O)O)nc1. The Morgan fingerprint density at radius 2 is 2.05 bits per heavy atom. The Labute approximate surface area is 112 Å². The summed E-state index contributed by atoms with van der Waals surface area (Å²) in [6.07, 6.45) is 3.20. The third-order valence-corrected chi connectivity index (χ3v) is 2.56. The van der Waals surface area contributed by atoms with Crippen molar-refractivity contribution in [2.24, 2.45) is 0 Å². The van der Waals surface area contributed by atoms with E-state index in [0.717, 1.165) is 19.4 Å². The molecule has 0 aliphatic carbocycles. The van der Waals surface area contributed by atoms with Crippen LogP contribution in [0.2, 0.25) is 0 Å². The summed E-state index contributed by atoms with van der Waals surface area (Å²) >= 11 is 0. The molecule has 0 saturated carbocycles. The standard InChI is InChI=1S/C13H19N3O3/c1-16(2)8-4-3-7-14-12(17)10-5-6-11(13(18)19)15-9-10/h5-6,9H,3-4,7-8H2,1-2H3,(H,14,17)(H,18,19). The molecule has 1 aromatic heterocycles. The van der Waals surface area contributed by atoms with Gasteiger partial charge in [0.2, 0.25) is 0 Å². The maximum absolute atomic E-state index is 11.7. The van der Waals surface area contributed by atoms with Crippen molar-refractivity contribution in [3.63, 3.8) is 0 Å². The highest BCUT2D eigenvalue weighted by atomic mass is 16.4. The molecule has 0 saturated heterocycles. The minimum Gasteiger partial charge on any atom is -0.477 e. The highest BCUT2D eigenvalue weighted by Gasteiger charge is 2.08. The molecule has 1 amide bonds. The third kappa shape index (κ3) is 5.48. The number of carboxylic acids is 1. The number of amides is 1. The van der Waals surface area contributed by atoms with Gasteiger partial charge in [0.15, 0.2) is 0 Å². The fourth-order valence-corrected chi connectivity index (χ4v) is 1.51. The number of nitrogens with one attached hydrogen (secondary N) is 1. The molecule has 0 aliphatic heterocycles. The number of aromatic nitrogens is 1. The number of rotatable bonds is 7. The van der Waals surface area contributed by atoms with Crippen molar-refractivity contribution in [3.8, 4) is 0 Å². The lowest BCUT2D eigenvalue weighted by Crippen LogP contribution is -2.25. The third-order valence-electron chi connectivity index (χ3n) is 2.56. The summed E-state index contributed by atoms with van der Waals surface area (Å²) in [4.78, 5) is 28.1. The van der Waals surface area contributed by atoms with E-state index in [0.29, 0.717) is 12.1 Å². The number of nitrogens with zero attached hydrogens (tertiary/aromatic N) is 2. The van der Waals surface area contributed by atoms with Crippen LogP contribution in [0, 0.1) is 0 Å². The van der Waals surface area contributed by atoms with Gasteiger partial charge in [-0.05, 0) is 45.6 Å². The molecule has 0 fully saturated rings. The molecule has 0 radical (unpaired) electrons. The van der Waals surface area contributed by atoms with Crippen LogP contribution in [-0.4, -0.2) is 54.1 Å². The number of pyridine rings is 1. The summed E-state index contributed by atoms with van der Waals surface area (Å²) in [7, 11) is 4.02. The second-order valence-electron chi connectivity index (χ2n) is 4.50. The summed E-state index contributed by atoms with van der Waals surface area (Å²) in [5.41, 5.74) is 0.306. The van der Waals surface area contributed by atoms with Crippen LogP contribution < -0.4 is 5.32 Å². The lowest BCUT2D eigenvalue weighted by Gasteiger charge is -2.09. The lowest BCUT2D eigenvalue weighted by molar-refractivity contribution is 0.0689. The van der Waals surface area contributed by atoms with Crippen molar-refractivity contribution >= 4 is 11.9 Å². The van der Waals surface area contributed by atoms with Gasteiger partial charge in [-0.1, -0.05) is 0 Å². The number of carbonyl (C=O) groups is 2. The maximum Gasteiger partial charge on any atom is 0.354 e. The van der Waals surface area contributed by atoms with Crippen molar-refractivity contribution in [2.45, 2.75) is 12.8 Å². The van der Waals surface area contributed by atoms with E-state index in [1.54, 1.807) is 0 Å². The summed E-state index contributed by atoms with van der Waals surface area (Å²) in [6, 6.07) is 2.79. The van der Waals surface area contributed by atoms with Crippen LogP contribution in [0.1, 0.15) is 33.7 Å². The Bertz CT molecular complexity index is 429. The van der Waals surface area contributed by atoms with Gasteiger partial charge in [0.1, 0.15) is 5.69 Å². The van der Waals surface area contributed by atoms with Crippen LogP contribution in [0.3, 0.4) is 0 Å². The number of aromatic carboxylic acids is 1. The van der Waals surface area contributed by atoms with Crippen molar-refractivity contribution < 1.29 is 14.7 Å². The molecule has 1 heterocycles. The van der Waals surface area contributed by atoms with E-state index < -0.39 is 5.97 Å². The van der Waals surface area contributed by atoms with Gasteiger partial charge in [0, 0.05) is 12.7 Å². The van der Waals surface area contributed by atoms with Gasteiger partial charge in [-0.25, -0.2) is 9.78 Å². The highest BCUT2D eigenvalue weighted by Crippen LogP contribution is 2.00. The second-order valence-corrected chi connectivity index (χ2v) is 4.50. The topological polar surface area (TPSA) is 82.5 Å². The predicted molar refractivity (Wildman–Crippen MR) is 71.3 cm³/mol. The van der Waals surface area contributed by atoms with Gasteiger partial charge in [-0.3, -0.25) is 4.79 Å². The summed E-state index contributed by atoms with van der Waals surface area (Å²) < 4.78 is 0. The highest BCUT2D eigenvalue weighted by molar-refractivity contribution is 5.94. The van der Waals surface area contributed by atoms with Crippen LogP contribution in [0.15, 0.2) is 18.3 Å². The molecule has 104 valence electrons. The van der Waals surface area contributed by atoms with Crippen molar-refractivity contribution in [1.82, 2.24) is 15.2 Å². The van der Waals surface area contributed by atoms with E-state index >= 15 is 0 Å². The molecule has 0 aliphatic rings. The van der Waals surface area contributed by atoms with E-state index in [1.807, 2.05) is 14.1 Å². The van der Waals surface area contributed by atoms with Gasteiger partial charge >= 0.3 is 5.97 Å². The normalized spacial score (nSPS) is 10.5. The fourth-order valence-electron chi connectivity index (χ4n) is 1.51. The first-order chi connectivity index (χ1) is 9.00. The van der Waals surface area contributed by atoms with Crippen LogP contribution in [-0.2, 0) is 0 Å². The molecule has 0 unspecified atom stereocenters. The first-order valence-electron chi connectivity index (χ1n) is 6.13. The molecule has 2 N–H and O–H groups in total. The van der Waals surface area contributed by atoms with E-state index in [2.05, 4.69) is 15.2 Å². The van der Waals surface area contributed by atoms with Gasteiger partial charge < -0.3 is 15.3 Å². The minimum atomic E-state index is -1.10. The Morgan fingerprint density at radius 1 is 1.32 bits per heavy atom. The summed E-state index contributed by atoms with van der Waals surface area (Å²) in [5.74, 6) is -1.33. The quantitative estimate of drug-likeness (QED) is 0.714. The molecule has 6 nitrogen and oxygen atoms in total. The van der Waals surface area contributed by atoms with Gasteiger partial charge in [0.25, 0.3) is 5.91 Å². The Balaban J connectivity index is 2.35. The molecular weight excluding hydrogens is 246 g/mol. The lowest BCUT2D eigenvalue weighted by atomic mass is 10.2. The zero-order valence-electron chi connectivity index (χ0n) is 11.2. The first-order valence-corrected chi connectivity index (χ1v) is 6.13. The number of unbranched alkanes of at least 4 members (excludes halogenated alkanes) is 1. The minimum absolute atomic E-state index is 0.0671. The summed E-state index contributed by atoms with van der Waals surface area (Å²) in [5, 5.41) is 11.5. The van der Waals surface area contributed by atoms with Crippen molar-refractivity contribution in [3.05, 3.63) is 29.6 Å². The molecular formula is C13H19N3O3. The molecule has 6 heteroatoms. The first kappa shape index (κ1) is 15.1. The predicted octanol–water partition coefficient (Wildman–Crippen LogP) is 0.851. The molecule has 1 rings (SSSR count). The summed E-state index contributed by atoms with van der Waals surface area (Å²) in [6.45, 7) is 1.60. The zero-order chi connectivity index (χ0) is 14.3. The second kappa shape index (κ2) is 7.48. The van der Waals surface area contributed by atoms with E-state index in [4.69, 9.17) is 5.11 Å². The van der Waals surface area contributed by atoms with E-state index in [-0.39, 0.29) is 11.6 Å². The van der Waals surface area contributed by atoms with Crippen LogP contribution >= 0.6 is 0 Å². The number of carbonyl (C=O) groups excluding carboxylic acids is 1.